The number of hydrogen-bond acceptors (Lipinski definition) is 5. The Labute approximate surface area is 223 Å². The van der Waals surface area contributed by atoms with Crippen LogP contribution in [0, 0.1) is 24.4 Å². The van der Waals surface area contributed by atoms with Crippen LogP contribution in [-0.4, -0.2) is 37.5 Å². The minimum absolute atomic E-state index is 0.0634. The lowest BCUT2D eigenvalue weighted by Crippen LogP contribution is -2.21. The Morgan fingerprint density at radius 2 is 1.17 bits per heavy atom. The smallest absolute Gasteiger partial charge is 0.244 e. The second-order valence-corrected chi connectivity index (χ2v) is 13.2. The van der Waals surface area contributed by atoms with E-state index in [2.05, 4.69) is 52.8 Å². The molecule has 0 aliphatic carbocycles. The maximum atomic E-state index is 5.92. The van der Waals surface area contributed by atoms with Crippen molar-refractivity contribution in [2.45, 2.75) is 111 Å². The maximum absolute atomic E-state index is 5.92. The molecular formula is C30H52O5Si. The predicted octanol–water partition coefficient (Wildman–Crippen LogP) is 8.02. The van der Waals surface area contributed by atoms with Crippen molar-refractivity contribution in [1.82, 2.24) is 0 Å². The highest BCUT2D eigenvalue weighted by Crippen LogP contribution is 2.55. The minimum atomic E-state index is -1.00. The molecule has 1 aromatic carbocycles. The Bertz CT molecular complexity index is 833. The van der Waals surface area contributed by atoms with Gasteiger partial charge in [-0.05, 0) is 44.2 Å². The number of benzene rings is 1. The summed E-state index contributed by atoms with van der Waals surface area (Å²) in [7, 11) is 5.68. The lowest BCUT2D eigenvalue weighted by atomic mass is 9.72. The van der Waals surface area contributed by atoms with Gasteiger partial charge in [-0.15, -0.1) is 0 Å². The van der Waals surface area contributed by atoms with Gasteiger partial charge in [-0.25, -0.2) is 0 Å². The summed E-state index contributed by atoms with van der Waals surface area (Å²) in [5, 5.41) is 0. The van der Waals surface area contributed by atoms with Crippen LogP contribution >= 0.6 is 0 Å². The SMILES string of the molecule is COc1c(C)c(C(CCCCCCCCCCC#CO[SiH](C)C)C(C)(C)C)c(OC)c(OC)c1OC. The summed E-state index contributed by atoms with van der Waals surface area (Å²) < 4.78 is 28.5. The van der Waals surface area contributed by atoms with Crippen LogP contribution in [-0.2, 0) is 4.43 Å². The van der Waals surface area contributed by atoms with E-state index in [1.165, 1.54) is 56.9 Å². The summed E-state index contributed by atoms with van der Waals surface area (Å²) >= 11 is 0. The molecule has 1 atom stereocenters. The predicted molar refractivity (Wildman–Crippen MR) is 153 cm³/mol. The quantitative estimate of drug-likeness (QED) is 0.125. The molecule has 0 aliphatic rings. The zero-order valence-electron chi connectivity index (χ0n) is 24.8. The fraction of sp³-hybridized carbons (Fsp3) is 0.733. The van der Waals surface area contributed by atoms with E-state index >= 15 is 0 Å². The van der Waals surface area contributed by atoms with Gasteiger partial charge in [-0.3, -0.25) is 0 Å². The normalized spacial score (nSPS) is 12.1. The number of methoxy groups -OCH3 is 4. The van der Waals surface area contributed by atoms with Gasteiger partial charge < -0.3 is 23.4 Å². The second kappa shape index (κ2) is 16.7. The first-order valence-electron chi connectivity index (χ1n) is 13.6. The zero-order valence-corrected chi connectivity index (χ0v) is 25.9. The minimum Gasteiger partial charge on any atom is -0.505 e. The van der Waals surface area contributed by atoms with Crippen molar-refractivity contribution in [3.8, 4) is 35.0 Å². The molecule has 0 heterocycles. The standard InChI is InChI=1S/C30H52O5Si/c1-23-25(27(32-6)29(34-8)28(33-7)26(23)31-5)24(30(2,3)4)21-19-17-15-13-11-12-14-16-18-20-22-35-36(9)10/h24,36H,11-19,21H2,1-10H3. The van der Waals surface area contributed by atoms with E-state index in [9.17, 15) is 0 Å². The van der Waals surface area contributed by atoms with Gasteiger partial charge in [0, 0.05) is 17.5 Å². The Hall–Kier alpha value is -2.00. The maximum Gasteiger partial charge on any atom is 0.244 e. The van der Waals surface area contributed by atoms with Crippen molar-refractivity contribution in [2.75, 3.05) is 28.4 Å². The van der Waals surface area contributed by atoms with E-state index in [0.717, 1.165) is 29.9 Å². The van der Waals surface area contributed by atoms with Crippen molar-refractivity contribution in [2.24, 2.45) is 5.41 Å². The molecule has 0 bridgehead atoms. The number of hydrogen-bond donors (Lipinski definition) is 0. The van der Waals surface area contributed by atoms with Crippen LogP contribution in [0.3, 0.4) is 0 Å². The van der Waals surface area contributed by atoms with Gasteiger partial charge in [0.1, 0.15) is 0 Å². The van der Waals surface area contributed by atoms with Gasteiger partial charge in [0.25, 0.3) is 0 Å². The average Bonchev–Trinajstić information content (AvgIpc) is 2.82. The molecule has 0 aliphatic heterocycles. The van der Waals surface area contributed by atoms with Crippen molar-refractivity contribution >= 4 is 9.04 Å². The zero-order chi connectivity index (χ0) is 27.1. The van der Waals surface area contributed by atoms with E-state index in [1.54, 1.807) is 28.4 Å². The summed E-state index contributed by atoms with van der Waals surface area (Å²) in [5.74, 6) is 6.12. The first kappa shape index (κ1) is 32.0. The fourth-order valence-corrected chi connectivity index (χ4v) is 5.19. The molecule has 1 aromatic rings. The Balaban J connectivity index is 2.70. The lowest BCUT2D eigenvalue weighted by Gasteiger charge is -2.35. The van der Waals surface area contributed by atoms with Crippen molar-refractivity contribution < 1.29 is 23.4 Å². The van der Waals surface area contributed by atoms with Crippen molar-refractivity contribution in [3.63, 3.8) is 0 Å². The first-order valence-corrected chi connectivity index (χ1v) is 16.4. The van der Waals surface area contributed by atoms with Crippen LogP contribution in [0.5, 0.6) is 23.0 Å². The van der Waals surface area contributed by atoms with Crippen LogP contribution < -0.4 is 18.9 Å². The van der Waals surface area contributed by atoms with Crippen molar-refractivity contribution in [1.29, 1.82) is 0 Å². The molecule has 0 fully saturated rings. The number of unbranched alkanes of at least 4 members (excludes halogenated alkanes) is 8. The third-order valence-electron chi connectivity index (χ3n) is 6.73. The summed E-state index contributed by atoms with van der Waals surface area (Å²) in [6.45, 7) is 13.3. The molecule has 0 saturated heterocycles. The van der Waals surface area contributed by atoms with Crippen LogP contribution in [0.2, 0.25) is 13.1 Å². The van der Waals surface area contributed by atoms with E-state index in [-0.39, 0.29) is 5.41 Å². The average molecular weight is 521 g/mol. The largest absolute Gasteiger partial charge is 0.505 e. The molecule has 0 radical (unpaired) electrons. The molecule has 0 aromatic heterocycles. The van der Waals surface area contributed by atoms with Crippen LogP contribution in [0.25, 0.3) is 0 Å². The van der Waals surface area contributed by atoms with Gasteiger partial charge >= 0.3 is 0 Å². The Morgan fingerprint density at radius 1 is 0.694 bits per heavy atom. The molecule has 0 spiro atoms. The first-order chi connectivity index (χ1) is 17.1. The van der Waals surface area contributed by atoms with Gasteiger partial charge in [0.2, 0.25) is 20.5 Å². The van der Waals surface area contributed by atoms with Crippen molar-refractivity contribution in [3.05, 3.63) is 11.1 Å². The Kier molecular flexibility index (Phi) is 14.8. The van der Waals surface area contributed by atoms with E-state index in [0.29, 0.717) is 17.4 Å². The topological polar surface area (TPSA) is 46.2 Å². The molecule has 0 amide bonds. The highest BCUT2D eigenvalue weighted by atomic mass is 28.3. The molecule has 36 heavy (non-hydrogen) atoms. The summed E-state index contributed by atoms with van der Waals surface area (Å²) in [4.78, 5) is 0. The fourth-order valence-electron chi connectivity index (χ4n) is 4.87. The summed E-state index contributed by atoms with van der Waals surface area (Å²) in [6, 6.07) is 0. The van der Waals surface area contributed by atoms with E-state index in [1.807, 2.05) is 0 Å². The van der Waals surface area contributed by atoms with E-state index < -0.39 is 9.04 Å². The lowest BCUT2D eigenvalue weighted by molar-refractivity contribution is 0.271. The number of ether oxygens (including phenoxy) is 4. The van der Waals surface area contributed by atoms with Gasteiger partial charge in [-0.2, -0.15) is 0 Å². The molecule has 0 saturated carbocycles. The van der Waals surface area contributed by atoms with Gasteiger partial charge in [0.05, 0.1) is 34.5 Å². The van der Waals surface area contributed by atoms with Gasteiger partial charge in [-0.1, -0.05) is 71.6 Å². The van der Waals surface area contributed by atoms with Gasteiger partial charge in [0.15, 0.2) is 11.5 Å². The van der Waals surface area contributed by atoms with E-state index in [4.69, 9.17) is 23.4 Å². The molecule has 1 unspecified atom stereocenters. The third kappa shape index (κ3) is 9.80. The Morgan fingerprint density at radius 3 is 1.64 bits per heavy atom. The molecule has 206 valence electrons. The third-order valence-corrected chi connectivity index (χ3v) is 7.32. The molecule has 0 N–H and O–H groups in total. The highest BCUT2D eigenvalue weighted by molar-refractivity contribution is 6.48. The van der Waals surface area contributed by atoms with Crippen LogP contribution in [0.15, 0.2) is 0 Å². The molecule has 5 nitrogen and oxygen atoms in total. The molecule has 1 rings (SSSR count). The second-order valence-electron chi connectivity index (χ2n) is 10.9. The van der Waals surface area contributed by atoms with Crippen LogP contribution in [0.1, 0.15) is 102 Å². The number of rotatable bonds is 16. The monoisotopic (exact) mass is 520 g/mol. The highest BCUT2D eigenvalue weighted by Gasteiger charge is 2.35. The summed E-state index contributed by atoms with van der Waals surface area (Å²) in [5.41, 5.74) is 2.30. The summed E-state index contributed by atoms with van der Waals surface area (Å²) in [6.07, 6.45) is 15.0. The van der Waals surface area contributed by atoms with Crippen LogP contribution in [0.4, 0.5) is 0 Å². The molecular weight excluding hydrogens is 468 g/mol. The molecule has 6 heteroatoms.